The van der Waals surface area contributed by atoms with Crippen LogP contribution in [0.4, 0.5) is 0 Å². The predicted molar refractivity (Wildman–Crippen MR) is 92.5 cm³/mol. The number of nitrogens with zero attached hydrogens (tertiary/aromatic N) is 1. The van der Waals surface area contributed by atoms with E-state index in [1.165, 1.54) is 11.3 Å². The summed E-state index contributed by atoms with van der Waals surface area (Å²) in [4.78, 5) is 17.9. The first-order chi connectivity index (χ1) is 11.2. The van der Waals surface area contributed by atoms with Gasteiger partial charge in [-0.3, -0.25) is 4.79 Å². The fourth-order valence-corrected chi connectivity index (χ4v) is 3.12. The smallest absolute Gasteiger partial charge is 0.263 e. The number of nitrogens with one attached hydrogen (secondary N) is 1. The molecule has 0 saturated carbocycles. The minimum Gasteiger partial charge on any atom is -0.462 e. The molecule has 3 rings (SSSR count). The summed E-state index contributed by atoms with van der Waals surface area (Å²) in [7, 11) is 0. The van der Waals surface area contributed by atoms with Gasteiger partial charge in [-0.2, -0.15) is 0 Å². The molecule has 0 saturated heterocycles. The highest BCUT2D eigenvalue weighted by atomic mass is 32.1. The summed E-state index contributed by atoms with van der Waals surface area (Å²) >= 11 is 1.36. The highest BCUT2D eigenvalue weighted by Gasteiger charge is 2.21. The van der Waals surface area contributed by atoms with Gasteiger partial charge in [-0.15, -0.1) is 11.3 Å². The molecule has 0 unspecified atom stereocenters. The van der Waals surface area contributed by atoms with Crippen LogP contribution in [-0.2, 0) is 0 Å². The second-order valence-electron chi connectivity index (χ2n) is 5.32. The molecule has 0 radical (unpaired) electrons. The summed E-state index contributed by atoms with van der Waals surface area (Å²) in [6, 6.07) is 13.5. The first-order valence-corrected chi connectivity index (χ1v) is 8.41. The topological polar surface area (TPSA) is 55.1 Å². The van der Waals surface area contributed by atoms with Gasteiger partial charge in [-0.1, -0.05) is 37.3 Å². The molecule has 1 atom stereocenters. The van der Waals surface area contributed by atoms with E-state index in [1.807, 2.05) is 56.3 Å². The number of benzene rings is 1. The quantitative estimate of drug-likeness (QED) is 0.745. The molecular weight excluding hydrogens is 308 g/mol. The third-order valence-corrected chi connectivity index (χ3v) is 4.67. The fraction of sp³-hybridized carbons (Fsp3) is 0.222. The van der Waals surface area contributed by atoms with Gasteiger partial charge in [-0.25, -0.2) is 4.98 Å². The Labute approximate surface area is 139 Å². The Kier molecular flexibility index (Phi) is 4.57. The molecule has 2 aromatic heterocycles. The van der Waals surface area contributed by atoms with Crippen LogP contribution >= 0.6 is 11.3 Å². The van der Waals surface area contributed by atoms with E-state index in [1.54, 1.807) is 6.26 Å². The standard InChI is InChI=1S/C18H18N2O2S/c1-3-12(2)19-17(21)16-15(13-8-5-4-6-9-13)20-18(23-16)14-10-7-11-22-14/h4-12H,3H2,1-2H3,(H,19,21)/t12-/m0/s1. The number of aromatic nitrogens is 1. The lowest BCUT2D eigenvalue weighted by atomic mass is 10.1. The molecule has 4 nitrogen and oxygen atoms in total. The summed E-state index contributed by atoms with van der Waals surface area (Å²) in [6.07, 6.45) is 2.49. The molecule has 23 heavy (non-hydrogen) atoms. The van der Waals surface area contributed by atoms with Crippen molar-refractivity contribution in [1.82, 2.24) is 10.3 Å². The number of rotatable bonds is 5. The van der Waals surface area contributed by atoms with Crippen molar-refractivity contribution >= 4 is 17.2 Å². The van der Waals surface area contributed by atoms with Gasteiger partial charge in [0.05, 0.1) is 12.0 Å². The minimum absolute atomic E-state index is 0.0893. The Balaban J connectivity index is 2.04. The molecule has 2 heterocycles. The van der Waals surface area contributed by atoms with Crippen molar-refractivity contribution in [2.45, 2.75) is 26.3 Å². The van der Waals surface area contributed by atoms with E-state index in [0.717, 1.165) is 12.0 Å². The van der Waals surface area contributed by atoms with Gasteiger partial charge in [0.2, 0.25) is 0 Å². The van der Waals surface area contributed by atoms with E-state index in [0.29, 0.717) is 21.3 Å². The van der Waals surface area contributed by atoms with Gasteiger partial charge >= 0.3 is 0 Å². The van der Waals surface area contributed by atoms with Crippen LogP contribution in [0.25, 0.3) is 22.0 Å². The molecule has 0 aliphatic carbocycles. The summed E-state index contributed by atoms with van der Waals surface area (Å²) in [5.74, 6) is 0.586. The lowest BCUT2D eigenvalue weighted by Gasteiger charge is -2.10. The van der Waals surface area contributed by atoms with Crippen molar-refractivity contribution in [1.29, 1.82) is 0 Å². The monoisotopic (exact) mass is 326 g/mol. The number of hydrogen-bond donors (Lipinski definition) is 1. The summed E-state index contributed by atoms with van der Waals surface area (Å²) < 4.78 is 5.42. The molecule has 0 aliphatic heterocycles. The third-order valence-electron chi connectivity index (χ3n) is 3.60. The zero-order valence-electron chi connectivity index (χ0n) is 13.1. The minimum atomic E-state index is -0.0893. The largest absolute Gasteiger partial charge is 0.462 e. The van der Waals surface area contributed by atoms with Gasteiger partial charge in [-0.05, 0) is 25.5 Å². The fourth-order valence-electron chi connectivity index (χ4n) is 2.16. The van der Waals surface area contributed by atoms with Crippen LogP contribution in [0.3, 0.4) is 0 Å². The molecule has 3 aromatic rings. The number of thiazole rings is 1. The zero-order chi connectivity index (χ0) is 16.2. The SMILES string of the molecule is CC[C@H](C)NC(=O)c1sc(-c2ccco2)nc1-c1ccccc1. The number of hydrogen-bond acceptors (Lipinski definition) is 4. The molecule has 5 heteroatoms. The summed E-state index contributed by atoms with van der Waals surface area (Å²) in [5.41, 5.74) is 1.62. The maximum Gasteiger partial charge on any atom is 0.263 e. The molecule has 0 bridgehead atoms. The second-order valence-corrected chi connectivity index (χ2v) is 6.32. The molecule has 118 valence electrons. The van der Waals surface area contributed by atoms with Crippen molar-refractivity contribution < 1.29 is 9.21 Å². The van der Waals surface area contributed by atoms with Crippen LogP contribution in [-0.4, -0.2) is 16.9 Å². The van der Waals surface area contributed by atoms with Gasteiger partial charge < -0.3 is 9.73 Å². The van der Waals surface area contributed by atoms with E-state index < -0.39 is 0 Å². The molecule has 0 aliphatic rings. The van der Waals surface area contributed by atoms with Crippen molar-refractivity contribution in [3.05, 3.63) is 53.6 Å². The van der Waals surface area contributed by atoms with Crippen LogP contribution in [0.15, 0.2) is 53.1 Å². The number of furan rings is 1. The Morgan fingerprint density at radius 2 is 2.04 bits per heavy atom. The highest BCUT2D eigenvalue weighted by molar-refractivity contribution is 7.17. The average molecular weight is 326 g/mol. The molecule has 1 amide bonds. The Morgan fingerprint density at radius 3 is 2.70 bits per heavy atom. The Bertz CT molecular complexity index is 779. The van der Waals surface area contributed by atoms with Crippen LogP contribution in [0.1, 0.15) is 29.9 Å². The summed E-state index contributed by atoms with van der Waals surface area (Å²) in [5, 5.41) is 3.73. The maximum absolute atomic E-state index is 12.6. The van der Waals surface area contributed by atoms with Gasteiger partial charge in [0.15, 0.2) is 10.8 Å². The number of amides is 1. The van der Waals surface area contributed by atoms with Crippen LogP contribution in [0.2, 0.25) is 0 Å². The van der Waals surface area contributed by atoms with Crippen molar-refractivity contribution in [3.8, 4) is 22.0 Å². The van der Waals surface area contributed by atoms with Crippen molar-refractivity contribution in [2.75, 3.05) is 0 Å². The molecule has 1 N–H and O–H groups in total. The molecular formula is C18H18N2O2S. The normalized spacial score (nSPS) is 12.1. The molecule has 1 aromatic carbocycles. The number of carbonyl (C=O) groups excluding carboxylic acids is 1. The van der Waals surface area contributed by atoms with Crippen LogP contribution < -0.4 is 5.32 Å². The van der Waals surface area contributed by atoms with E-state index in [9.17, 15) is 4.79 Å². The van der Waals surface area contributed by atoms with Gasteiger partial charge in [0.25, 0.3) is 5.91 Å². The predicted octanol–water partition coefficient (Wildman–Crippen LogP) is 4.60. The third kappa shape index (κ3) is 3.35. The number of carbonyl (C=O) groups is 1. The van der Waals surface area contributed by atoms with Crippen LogP contribution in [0, 0.1) is 0 Å². The maximum atomic E-state index is 12.6. The zero-order valence-corrected chi connectivity index (χ0v) is 13.9. The second kappa shape index (κ2) is 6.79. The average Bonchev–Trinajstić information content (AvgIpc) is 3.24. The Morgan fingerprint density at radius 1 is 1.26 bits per heavy atom. The van der Waals surface area contributed by atoms with Gasteiger partial charge in [0.1, 0.15) is 4.88 Å². The lowest BCUT2D eigenvalue weighted by molar-refractivity contribution is 0.0944. The van der Waals surface area contributed by atoms with Gasteiger partial charge in [0, 0.05) is 11.6 Å². The van der Waals surface area contributed by atoms with E-state index >= 15 is 0 Å². The lowest BCUT2D eigenvalue weighted by Crippen LogP contribution is -2.31. The molecule has 0 fully saturated rings. The van der Waals surface area contributed by atoms with Crippen molar-refractivity contribution in [3.63, 3.8) is 0 Å². The van der Waals surface area contributed by atoms with Crippen molar-refractivity contribution in [2.24, 2.45) is 0 Å². The van der Waals surface area contributed by atoms with Crippen LogP contribution in [0.5, 0.6) is 0 Å². The highest BCUT2D eigenvalue weighted by Crippen LogP contribution is 2.34. The first kappa shape index (κ1) is 15.5. The first-order valence-electron chi connectivity index (χ1n) is 7.60. The summed E-state index contributed by atoms with van der Waals surface area (Å²) in [6.45, 7) is 4.04. The van der Waals surface area contributed by atoms with E-state index in [-0.39, 0.29) is 11.9 Å². The van der Waals surface area contributed by atoms with E-state index in [2.05, 4.69) is 10.3 Å². The Hall–Kier alpha value is -2.40. The van der Waals surface area contributed by atoms with E-state index in [4.69, 9.17) is 4.42 Å². The molecule has 0 spiro atoms.